The quantitative estimate of drug-likeness (QED) is 0.650. The number of anilines is 2. The molecule has 4 N–H and O–H groups in total. The zero-order valence-corrected chi connectivity index (χ0v) is 13.9. The average Bonchev–Trinajstić information content (AvgIpc) is 2.85. The maximum Gasteiger partial charge on any atom is 0.268 e. The van der Waals surface area contributed by atoms with E-state index in [4.69, 9.17) is 5.73 Å². The van der Waals surface area contributed by atoms with Gasteiger partial charge in [0.15, 0.2) is 5.13 Å². The second-order valence-corrected chi connectivity index (χ2v) is 5.85. The van der Waals surface area contributed by atoms with Gasteiger partial charge in [0.05, 0.1) is 6.61 Å². The summed E-state index contributed by atoms with van der Waals surface area (Å²) < 4.78 is 0. The lowest BCUT2D eigenvalue weighted by atomic mass is 10.1. The summed E-state index contributed by atoms with van der Waals surface area (Å²) in [7, 11) is 0. The molecule has 0 radical (unpaired) electrons. The van der Waals surface area contributed by atoms with Crippen LogP contribution in [0, 0.1) is 0 Å². The molecule has 0 spiro atoms. The highest BCUT2D eigenvalue weighted by Gasteiger charge is 2.26. The normalized spacial score (nSPS) is 10.9. The summed E-state index contributed by atoms with van der Waals surface area (Å²) in [5, 5.41) is 13.0. The summed E-state index contributed by atoms with van der Waals surface area (Å²) in [6.07, 6.45) is 2.68. The summed E-state index contributed by atoms with van der Waals surface area (Å²) >= 11 is 1.28. The zero-order chi connectivity index (χ0) is 15.8. The van der Waals surface area contributed by atoms with Gasteiger partial charge >= 0.3 is 0 Å². The van der Waals surface area contributed by atoms with Gasteiger partial charge < -0.3 is 21.1 Å². The van der Waals surface area contributed by atoms with E-state index >= 15 is 0 Å². The van der Waals surface area contributed by atoms with Crippen molar-refractivity contribution in [2.24, 2.45) is 0 Å². The lowest BCUT2D eigenvalue weighted by Gasteiger charge is -2.29. The van der Waals surface area contributed by atoms with Gasteiger partial charge in [0.1, 0.15) is 10.7 Å². The molecule has 0 saturated carbocycles. The molecule has 0 bridgehead atoms. The number of rotatable bonds is 9. The molecule has 1 amide bonds. The Morgan fingerprint density at radius 3 is 2.62 bits per heavy atom. The monoisotopic (exact) mass is 314 g/mol. The Balaban J connectivity index is 2.94. The molecule has 120 valence electrons. The first-order valence-electron chi connectivity index (χ1n) is 7.50. The lowest BCUT2D eigenvalue weighted by Crippen LogP contribution is -2.41. The Hall–Kier alpha value is -1.34. The van der Waals surface area contributed by atoms with E-state index in [-0.39, 0.29) is 24.4 Å². The molecular formula is C14H26N4O2S. The number of nitrogens with zero attached hydrogens (tertiary/aromatic N) is 2. The molecule has 1 aromatic rings. The van der Waals surface area contributed by atoms with Crippen LogP contribution >= 0.6 is 11.3 Å². The number of aliphatic hydroxyl groups is 1. The smallest absolute Gasteiger partial charge is 0.268 e. The molecule has 0 aliphatic carbocycles. The van der Waals surface area contributed by atoms with Crippen molar-refractivity contribution in [1.29, 1.82) is 0 Å². The average molecular weight is 314 g/mol. The van der Waals surface area contributed by atoms with Crippen LogP contribution in [0.15, 0.2) is 0 Å². The van der Waals surface area contributed by atoms with Gasteiger partial charge in [-0.3, -0.25) is 4.79 Å². The van der Waals surface area contributed by atoms with Crippen LogP contribution in [-0.2, 0) is 0 Å². The van der Waals surface area contributed by atoms with E-state index < -0.39 is 0 Å². The third-order valence-electron chi connectivity index (χ3n) is 3.36. The molecule has 21 heavy (non-hydrogen) atoms. The number of hydrogen-bond donors (Lipinski definition) is 3. The van der Waals surface area contributed by atoms with Crippen LogP contribution in [0.5, 0.6) is 0 Å². The molecule has 0 atom stereocenters. The standard InChI is InChI=1S/C14H26N4O2S/c1-4-7-16-14-17-12(15)11(21-14)13(20)18(8-9-19)10(5-2)6-3/h10,19H,4-9,15H2,1-3H3,(H,16,17). The highest BCUT2D eigenvalue weighted by atomic mass is 32.1. The van der Waals surface area contributed by atoms with Crippen LogP contribution < -0.4 is 11.1 Å². The number of aromatic nitrogens is 1. The first-order valence-corrected chi connectivity index (χ1v) is 8.32. The minimum Gasteiger partial charge on any atom is -0.395 e. The SMILES string of the molecule is CCCNc1nc(N)c(C(=O)N(CCO)C(CC)CC)s1. The van der Waals surface area contributed by atoms with Gasteiger partial charge in [-0.05, 0) is 19.3 Å². The van der Waals surface area contributed by atoms with Gasteiger partial charge in [0.25, 0.3) is 5.91 Å². The Labute approximate surface area is 130 Å². The van der Waals surface area contributed by atoms with E-state index in [2.05, 4.69) is 17.2 Å². The lowest BCUT2D eigenvalue weighted by molar-refractivity contribution is 0.0628. The van der Waals surface area contributed by atoms with Crippen LogP contribution in [0.2, 0.25) is 0 Å². The number of hydrogen-bond acceptors (Lipinski definition) is 6. The van der Waals surface area contributed by atoms with Crippen LogP contribution in [0.4, 0.5) is 10.9 Å². The molecule has 0 aliphatic heterocycles. The second-order valence-electron chi connectivity index (χ2n) is 4.85. The van der Waals surface area contributed by atoms with Crippen molar-refractivity contribution in [2.75, 3.05) is 30.7 Å². The molecule has 1 aromatic heterocycles. The topological polar surface area (TPSA) is 91.5 Å². The number of carbonyl (C=O) groups excluding carboxylic acids is 1. The summed E-state index contributed by atoms with van der Waals surface area (Å²) in [6, 6.07) is 0.109. The van der Waals surface area contributed by atoms with Crippen molar-refractivity contribution in [3.8, 4) is 0 Å². The number of aliphatic hydroxyl groups excluding tert-OH is 1. The molecule has 0 aromatic carbocycles. The molecule has 1 rings (SSSR count). The molecule has 7 heteroatoms. The summed E-state index contributed by atoms with van der Waals surface area (Å²) in [5.74, 6) is 0.120. The first-order chi connectivity index (χ1) is 10.1. The van der Waals surface area contributed by atoms with Gasteiger partial charge in [-0.1, -0.05) is 32.1 Å². The number of amides is 1. The molecular weight excluding hydrogens is 288 g/mol. The summed E-state index contributed by atoms with van der Waals surface area (Å²) in [6.45, 7) is 7.20. The van der Waals surface area contributed by atoms with Crippen molar-refractivity contribution < 1.29 is 9.90 Å². The van der Waals surface area contributed by atoms with Gasteiger partial charge in [-0.25, -0.2) is 4.98 Å². The molecule has 0 fully saturated rings. The van der Waals surface area contributed by atoms with Crippen molar-refractivity contribution in [3.63, 3.8) is 0 Å². The van der Waals surface area contributed by atoms with Gasteiger partial charge in [0, 0.05) is 19.1 Å². The van der Waals surface area contributed by atoms with Gasteiger partial charge in [-0.2, -0.15) is 0 Å². The van der Waals surface area contributed by atoms with E-state index in [1.165, 1.54) is 11.3 Å². The third kappa shape index (κ3) is 4.57. The molecule has 1 heterocycles. The van der Waals surface area contributed by atoms with Crippen molar-refractivity contribution in [2.45, 2.75) is 46.1 Å². The second kappa shape index (κ2) is 8.84. The maximum atomic E-state index is 12.7. The predicted molar refractivity (Wildman–Crippen MR) is 87.8 cm³/mol. The van der Waals surface area contributed by atoms with Crippen LogP contribution in [0.3, 0.4) is 0 Å². The summed E-state index contributed by atoms with van der Waals surface area (Å²) in [5.41, 5.74) is 5.88. The molecule has 6 nitrogen and oxygen atoms in total. The minimum absolute atomic E-state index is 0.0537. The van der Waals surface area contributed by atoms with Crippen LogP contribution in [0.25, 0.3) is 0 Å². The molecule has 0 saturated heterocycles. The van der Waals surface area contributed by atoms with E-state index in [9.17, 15) is 9.90 Å². The van der Waals surface area contributed by atoms with E-state index in [0.29, 0.717) is 16.6 Å². The predicted octanol–water partition coefficient (Wildman–Crippen LogP) is 2.17. The number of nitrogen functional groups attached to an aromatic ring is 1. The van der Waals surface area contributed by atoms with Crippen LogP contribution in [0.1, 0.15) is 49.7 Å². The van der Waals surface area contributed by atoms with E-state index in [1.807, 2.05) is 13.8 Å². The fourth-order valence-corrected chi connectivity index (χ4v) is 3.08. The van der Waals surface area contributed by atoms with Gasteiger partial charge in [-0.15, -0.1) is 0 Å². The van der Waals surface area contributed by atoms with Crippen LogP contribution in [-0.4, -0.2) is 46.6 Å². The summed E-state index contributed by atoms with van der Waals surface area (Å²) in [4.78, 5) is 19.0. The fraction of sp³-hybridized carbons (Fsp3) is 0.714. The van der Waals surface area contributed by atoms with E-state index in [0.717, 1.165) is 25.8 Å². The molecule has 0 aliphatic rings. The fourth-order valence-electron chi connectivity index (χ4n) is 2.21. The minimum atomic E-state index is -0.141. The highest BCUT2D eigenvalue weighted by molar-refractivity contribution is 7.18. The Morgan fingerprint density at radius 1 is 1.43 bits per heavy atom. The Kier molecular flexibility index (Phi) is 7.45. The number of thiazole rings is 1. The zero-order valence-electron chi connectivity index (χ0n) is 13.1. The first kappa shape index (κ1) is 17.7. The number of nitrogens with two attached hydrogens (primary N) is 1. The van der Waals surface area contributed by atoms with Crippen molar-refractivity contribution in [1.82, 2.24) is 9.88 Å². The maximum absolute atomic E-state index is 12.7. The van der Waals surface area contributed by atoms with Crippen molar-refractivity contribution >= 4 is 28.2 Å². The number of carbonyl (C=O) groups is 1. The number of nitrogens with one attached hydrogen (secondary N) is 1. The van der Waals surface area contributed by atoms with Gasteiger partial charge in [0.2, 0.25) is 0 Å². The van der Waals surface area contributed by atoms with Crippen molar-refractivity contribution in [3.05, 3.63) is 4.88 Å². The Bertz CT molecular complexity index is 446. The van der Waals surface area contributed by atoms with E-state index in [1.54, 1.807) is 4.90 Å². The molecule has 0 unspecified atom stereocenters. The highest BCUT2D eigenvalue weighted by Crippen LogP contribution is 2.27. The Morgan fingerprint density at radius 2 is 2.10 bits per heavy atom. The third-order valence-corrected chi connectivity index (χ3v) is 4.38. The largest absolute Gasteiger partial charge is 0.395 e.